The van der Waals surface area contributed by atoms with E-state index in [0.29, 0.717) is 35.5 Å². The summed E-state index contributed by atoms with van der Waals surface area (Å²) >= 11 is 6.37. The lowest BCUT2D eigenvalue weighted by Gasteiger charge is -2.33. The van der Waals surface area contributed by atoms with Crippen LogP contribution in [0, 0.1) is 0 Å². The summed E-state index contributed by atoms with van der Waals surface area (Å²) in [6, 6.07) is 21.5. The molecule has 1 saturated heterocycles. The zero-order valence-electron chi connectivity index (χ0n) is 30.1. The minimum Gasteiger partial charge on any atom is -0.444 e. The number of hydrogen-bond acceptors (Lipinski definition) is 7. The summed E-state index contributed by atoms with van der Waals surface area (Å²) in [5, 5.41) is 1.26. The number of sulfonamides is 1. The summed E-state index contributed by atoms with van der Waals surface area (Å²) in [6.07, 6.45) is 4.77. The van der Waals surface area contributed by atoms with Gasteiger partial charge in [-0.3, -0.25) is 4.79 Å². The number of nitrogens with one attached hydrogen (secondary N) is 1. The van der Waals surface area contributed by atoms with E-state index < -0.39 is 33.7 Å². The lowest BCUT2D eigenvalue weighted by Crippen LogP contribution is -2.41. The third kappa shape index (κ3) is 10.6. The highest BCUT2D eigenvalue weighted by Crippen LogP contribution is 2.31. The minimum absolute atomic E-state index is 0.0388. The molecule has 10 nitrogen and oxygen atoms in total. The Balaban J connectivity index is 1.36. The molecule has 0 spiro atoms. The SMILES string of the molecule is CC(C)n1cc(C(=O)NS(C)(=O)=O)c2ccc(-c3ccc(CCN(C[C@H](OC4CCCCO4)c4cccc(Cl)c4)C(=O)OC(C)(C)C)cc3)cc21. The molecule has 0 radical (unpaired) electrons. The number of benzene rings is 3. The molecule has 2 atom stereocenters. The molecule has 1 N–H and O–H groups in total. The molecule has 12 heteroatoms. The fourth-order valence-electron chi connectivity index (χ4n) is 6.11. The van der Waals surface area contributed by atoms with E-state index in [-0.39, 0.29) is 18.9 Å². The Morgan fingerprint density at radius 3 is 2.39 bits per heavy atom. The lowest BCUT2D eigenvalue weighted by molar-refractivity contribution is -0.192. The highest BCUT2D eigenvalue weighted by Gasteiger charge is 2.29. The summed E-state index contributed by atoms with van der Waals surface area (Å²) in [7, 11) is -3.71. The minimum atomic E-state index is -3.71. The molecule has 0 saturated carbocycles. The molecular formula is C39H48ClN3O7S. The molecule has 1 aromatic heterocycles. The summed E-state index contributed by atoms with van der Waals surface area (Å²) < 4.78 is 45.7. The second kappa shape index (κ2) is 16.2. The monoisotopic (exact) mass is 737 g/mol. The number of hydrogen-bond donors (Lipinski definition) is 1. The van der Waals surface area contributed by atoms with E-state index in [1.165, 1.54) is 0 Å². The largest absolute Gasteiger partial charge is 0.444 e. The van der Waals surface area contributed by atoms with Gasteiger partial charge in [-0.2, -0.15) is 0 Å². The van der Waals surface area contributed by atoms with Crippen LogP contribution in [0.5, 0.6) is 0 Å². The molecule has 5 rings (SSSR count). The van der Waals surface area contributed by atoms with Gasteiger partial charge in [0.1, 0.15) is 11.7 Å². The highest BCUT2D eigenvalue weighted by atomic mass is 35.5. The van der Waals surface area contributed by atoms with Crippen LogP contribution >= 0.6 is 11.6 Å². The second-order valence-corrected chi connectivity index (χ2v) is 16.5. The average molecular weight is 738 g/mol. The van der Waals surface area contributed by atoms with Crippen LogP contribution in [0.15, 0.2) is 72.9 Å². The third-order valence-electron chi connectivity index (χ3n) is 8.58. The molecule has 1 aliphatic rings. The van der Waals surface area contributed by atoms with E-state index in [1.807, 2.05) is 106 Å². The molecule has 274 valence electrons. The predicted octanol–water partition coefficient (Wildman–Crippen LogP) is 8.30. The van der Waals surface area contributed by atoms with Crippen LogP contribution in [0.4, 0.5) is 4.79 Å². The fraction of sp³-hybridized carbons (Fsp3) is 0.436. The van der Waals surface area contributed by atoms with Gasteiger partial charge in [-0.05, 0) is 101 Å². The van der Waals surface area contributed by atoms with Crippen molar-refractivity contribution in [2.45, 2.75) is 84.3 Å². The zero-order chi connectivity index (χ0) is 36.9. The number of amides is 2. The maximum atomic E-state index is 13.6. The van der Waals surface area contributed by atoms with Crippen LogP contribution in [-0.2, 0) is 30.7 Å². The number of fused-ring (bicyclic) bond motifs is 1. The standard InChI is InChI=1S/C39H48ClN3O7S/c1-26(2)43-24-33(37(44)41-51(6,46)47)32-18-17-29(23-34(32)43)28-15-13-27(14-16-28)19-20-42(38(45)50-39(3,4)5)25-35(30-10-9-11-31(40)22-30)49-36-12-7-8-21-48-36/h9-11,13-18,22-24,26,35-36H,7-8,12,19-21,25H2,1-6H3,(H,41,44)/t35-,36?/m0/s1. The lowest BCUT2D eigenvalue weighted by atomic mass is 10.0. The van der Waals surface area contributed by atoms with E-state index in [0.717, 1.165) is 53.3 Å². The van der Waals surface area contributed by atoms with Crippen molar-refractivity contribution >= 4 is 44.5 Å². The van der Waals surface area contributed by atoms with Gasteiger partial charge >= 0.3 is 6.09 Å². The number of carbonyl (C=O) groups excluding carboxylic acids is 2. The van der Waals surface area contributed by atoms with Gasteiger partial charge in [0, 0.05) is 41.3 Å². The van der Waals surface area contributed by atoms with E-state index in [4.69, 9.17) is 25.8 Å². The first-order valence-electron chi connectivity index (χ1n) is 17.3. The number of nitrogens with zero attached hydrogens (tertiary/aromatic N) is 2. The smallest absolute Gasteiger partial charge is 0.410 e. The molecular weight excluding hydrogens is 690 g/mol. The molecule has 0 bridgehead atoms. The molecule has 0 aliphatic carbocycles. The van der Waals surface area contributed by atoms with E-state index in [2.05, 4.69) is 4.72 Å². The molecule has 3 aromatic carbocycles. The Labute approximate surface area is 306 Å². The van der Waals surface area contributed by atoms with Crippen molar-refractivity contribution in [3.8, 4) is 11.1 Å². The fourth-order valence-corrected chi connectivity index (χ4v) is 6.76. The van der Waals surface area contributed by atoms with Gasteiger partial charge in [0.25, 0.3) is 5.91 Å². The van der Waals surface area contributed by atoms with E-state index in [1.54, 1.807) is 11.1 Å². The van der Waals surface area contributed by atoms with Crippen LogP contribution in [0.2, 0.25) is 5.02 Å². The van der Waals surface area contributed by atoms with Crippen LogP contribution < -0.4 is 4.72 Å². The summed E-state index contributed by atoms with van der Waals surface area (Å²) in [4.78, 5) is 28.1. The zero-order valence-corrected chi connectivity index (χ0v) is 31.7. The third-order valence-corrected chi connectivity index (χ3v) is 9.37. The van der Waals surface area contributed by atoms with E-state index >= 15 is 0 Å². The Bertz CT molecular complexity index is 1950. The Kier molecular flexibility index (Phi) is 12.2. The molecule has 51 heavy (non-hydrogen) atoms. The van der Waals surface area contributed by atoms with Crippen LogP contribution in [0.25, 0.3) is 22.0 Å². The molecule has 1 unspecified atom stereocenters. The Morgan fingerprint density at radius 1 is 1.04 bits per heavy atom. The van der Waals surface area contributed by atoms with Crippen molar-refractivity contribution in [3.63, 3.8) is 0 Å². The van der Waals surface area contributed by atoms with Gasteiger partial charge in [0.15, 0.2) is 6.29 Å². The maximum Gasteiger partial charge on any atom is 0.410 e. The van der Waals surface area contributed by atoms with Crippen molar-refractivity contribution in [2.24, 2.45) is 0 Å². The first-order chi connectivity index (χ1) is 24.1. The highest BCUT2D eigenvalue weighted by molar-refractivity contribution is 7.89. The van der Waals surface area contributed by atoms with Gasteiger partial charge < -0.3 is 23.7 Å². The number of carbonyl (C=O) groups is 2. The van der Waals surface area contributed by atoms with Gasteiger partial charge in [-0.25, -0.2) is 17.9 Å². The maximum absolute atomic E-state index is 13.6. The van der Waals surface area contributed by atoms with Crippen molar-refractivity contribution in [1.29, 1.82) is 0 Å². The molecule has 1 fully saturated rings. The predicted molar refractivity (Wildman–Crippen MR) is 200 cm³/mol. The Hall–Kier alpha value is -3.90. The molecule has 1 aliphatic heterocycles. The first kappa shape index (κ1) is 38.3. The van der Waals surface area contributed by atoms with Crippen LogP contribution in [0.1, 0.15) is 87.5 Å². The van der Waals surface area contributed by atoms with Gasteiger partial charge in [0.2, 0.25) is 10.0 Å². The average Bonchev–Trinajstić information content (AvgIpc) is 3.45. The quantitative estimate of drug-likeness (QED) is 0.156. The van der Waals surface area contributed by atoms with Gasteiger partial charge in [-0.15, -0.1) is 0 Å². The summed E-state index contributed by atoms with van der Waals surface area (Å²) in [5.74, 6) is -0.660. The second-order valence-electron chi connectivity index (χ2n) is 14.3. The summed E-state index contributed by atoms with van der Waals surface area (Å²) in [6.45, 7) is 10.9. The topological polar surface area (TPSA) is 116 Å². The van der Waals surface area contributed by atoms with Crippen molar-refractivity contribution < 1.29 is 32.2 Å². The Morgan fingerprint density at radius 2 is 1.76 bits per heavy atom. The van der Waals surface area contributed by atoms with Crippen molar-refractivity contribution in [3.05, 3.63) is 94.6 Å². The van der Waals surface area contributed by atoms with Crippen LogP contribution in [0.3, 0.4) is 0 Å². The number of aromatic nitrogens is 1. The first-order valence-corrected chi connectivity index (χ1v) is 19.6. The number of halogens is 1. The summed E-state index contributed by atoms with van der Waals surface area (Å²) in [5.41, 5.74) is 4.28. The number of rotatable bonds is 12. The molecule has 4 aromatic rings. The van der Waals surface area contributed by atoms with Crippen molar-refractivity contribution in [1.82, 2.24) is 14.2 Å². The van der Waals surface area contributed by atoms with Crippen LogP contribution in [-0.4, -0.2) is 67.7 Å². The van der Waals surface area contributed by atoms with E-state index in [9.17, 15) is 18.0 Å². The van der Waals surface area contributed by atoms with Gasteiger partial charge in [0.05, 0.1) is 18.4 Å². The van der Waals surface area contributed by atoms with Gasteiger partial charge in [-0.1, -0.05) is 60.1 Å². The number of ether oxygens (including phenoxy) is 3. The molecule has 2 amide bonds. The van der Waals surface area contributed by atoms with Crippen molar-refractivity contribution in [2.75, 3.05) is 26.0 Å². The normalized spacial score (nSPS) is 15.9. The molecule has 2 heterocycles.